The lowest BCUT2D eigenvalue weighted by Gasteiger charge is -2.08. The van der Waals surface area contributed by atoms with E-state index in [-0.39, 0.29) is 12.1 Å². The smallest absolute Gasteiger partial charge is 0.343 e. The maximum atomic E-state index is 11.2. The molecular formula is C13H14N4O4. The van der Waals surface area contributed by atoms with Crippen LogP contribution >= 0.6 is 0 Å². The summed E-state index contributed by atoms with van der Waals surface area (Å²) in [4.78, 5) is 25.3. The van der Waals surface area contributed by atoms with Crippen LogP contribution in [0, 0.1) is 10.1 Å². The minimum atomic E-state index is -1.30. The molecule has 0 aliphatic carbocycles. The fraction of sp³-hybridized carbons (Fsp3) is 0.231. The number of hydrogen-bond donors (Lipinski definition) is 2. The number of carbonyl (C=O) groups is 1. The van der Waals surface area contributed by atoms with Gasteiger partial charge in [0.1, 0.15) is 5.56 Å². The van der Waals surface area contributed by atoms with Gasteiger partial charge in [0.25, 0.3) is 5.69 Å². The van der Waals surface area contributed by atoms with Gasteiger partial charge in [-0.15, -0.1) is 0 Å². The van der Waals surface area contributed by atoms with Gasteiger partial charge in [0, 0.05) is 38.1 Å². The molecule has 0 bridgehead atoms. The molecular weight excluding hydrogens is 276 g/mol. The third-order valence-corrected chi connectivity index (χ3v) is 2.96. The molecule has 0 spiro atoms. The number of carboxylic acid groups (broad SMARTS) is 1. The SMILES string of the molecule is O=C(O)c1c(CNCCn2ccnc2)cccc1[N+](=O)[O-]. The van der Waals surface area contributed by atoms with Crippen LogP contribution in [0.4, 0.5) is 5.69 Å². The summed E-state index contributed by atoms with van der Waals surface area (Å²) in [6.07, 6.45) is 5.17. The Labute approximate surface area is 120 Å². The van der Waals surface area contributed by atoms with Crippen LogP contribution in [0.5, 0.6) is 0 Å². The summed E-state index contributed by atoms with van der Waals surface area (Å²) in [7, 11) is 0. The Morgan fingerprint density at radius 3 is 2.90 bits per heavy atom. The molecule has 0 saturated heterocycles. The number of nitro groups is 1. The number of nitrogens with one attached hydrogen (secondary N) is 1. The zero-order chi connectivity index (χ0) is 15.2. The second kappa shape index (κ2) is 6.62. The second-order valence-electron chi connectivity index (χ2n) is 4.35. The molecule has 0 aliphatic rings. The van der Waals surface area contributed by atoms with Gasteiger partial charge < -0.3 is 15.0 Å². The zero-order valence-electron chi connectivity index (χ0n) is 11.1. The van der Waals surface area contributed by atoms with Crippen molar-refractivity contribution in [2.75, 3.05) is 6.54 Å². The molecule has 1 heterocycles. The van der Waals surface area contributed by atoms with Gasteiger partial charge >= 0.3 is 5.97 Å². The van der Waals surface area contributed by atoms with Crippen molar-refractivity contribution in [3.05, 3.63) is 58.2 Å². The summed E-state index contributed by atoms with van der Waals surface area (Å²) >= 11 is 0. The van der Waals surface area contributed by atoms with Crippen molar-refractivity contribution in [1.29, 1.82) is 0 Å². The van der Waals surface area contributed by atoms with Gasteiger partial charge in [0.15, 0.2) is 0 Å². The molecule has 0 amide bonds. The number of imidazole rings is 1. The Hall–Kier alpha value is -2.74. The summed E-state index contributed by atoms with van der Waals surface area (Å²) in [6.45, 7) is 1.52. The maximum absolute atomic E-state index is 11.2. The first kappa shape index (κ1) is 14.7. The van der Waals surface area contributed by atoms with Gasteiger partial charge in [-0.05, 0) is 5.56 Å². The standard InChI is InChI=1S/C13H14N4O4/c18-13(19)12-10(2-1-3-11(12)17(20)21)8-14-4-6-16-7-5-15-9-16/h1-3,5,7,9,14H,4,6,8H2,(H,18,19). The first-order valence-electron chi connectivity index (χ1n) is 6.25. The summed E-state index contributed by atoms with van der Waals surface area (Å²) in [5, 5.41) is 23.1. The number of hydrogen-bond acceptors (Lipinski definition) is 5. The predicted octanol–water partition coefficient (Wildman–Crippen LogP) is 1.28. The van der Waals surface area contributed by atoms with E-state index < -0.39 is 16.6 Å². The molecule has 1 aromatic heterocycles. The normalized spacial score (nSPS) is 10.5. The van der Waals surface area contributed by atoms with Crippen LogP contribution in [-0.2, 0) is 13.1 Å². The highest BCUT2D eigenvalue weighted by atomic mass is 16.6. The van der Waals surface area contributed by atoms with E-state index in [9.17, 15) is 14.9 Å². The van der Waals surface area contributed by atoms with E-state index in [0.29, 0.717) is 18.7 Å². The highest BCUT2D eigenvalue weighted by Gasteiger charge is 2.22. The molecule has 0 fully saturated rings. The average molecular weight is 290 g/mol. The summed E-state index contributed by atoms with van der Waals surface area (Å²) in [5.41, 5.74) is -0.267. The van der Waals surface area contributed by atoms with Crippen LogP contribution in [0.3, 0.4) is 0 Å². The Bertz CT molecular complexity index is 640. The van der Waals surface area contributed by atoms with E-state index in [1.165, 1.54) is 12.1 Å². The van der Waals surface area contributed by atoms with Crippen molar-refractivity contribution in [1.82, 2.24) is 14.9 Å². The average Bonchev–Trinajstić information content (AvgIpc) is 2.96. The van der Waals surface area contributed by atoms with E-state index in [4.69, 9.17) is 5.11 Å². The zero-order valence-corrected chi connectivity index (χ0v) is 11.1. The van der Waals surface area contributed by atoms with Gasteiger partial charge in [-0.3, -0.25) is 10.1 Å². The molecule has 8 heteroatoms. The number of benzene rings is 1. The first-order chi connectivity index (χ1) is 10.1. The minimum absolute atomic E-state index is 0.248. The lowest BCUT2D eigenvalue weighted by atomic mass is 10.1. The van der Waals surface area contributed by atoms with E-state index in [2.05, 4.69) is 10.3 Å². The summed E-state index contributed by atoms with van der Waals surface area (Å²) in [5.74, 6) is -1.30. The van der Waals surface area contributed by atoms with Crippen LogP contribution in [0.25, 0.3) is 0 Å². The van der Waals surface area contributed by atoms with Gasteiger partial charge in [0.05, 0.1) is 11.3 Å². The quantitative estimate of drug-likeness (QED) is 0.451. The van der Waals surface area contributed by atoms with E-state index in [0.717, 1.165) is 0 Å². The number of carboxylic acids is 1. The largest absolute Gasteiger partial charge is 0.477 e. The third-order valence-electron chi connectivity index (χ3n) is 2.96. The summed E-state index contributed by atoms with van der Waals surface area (Å²) in [6, 6.07) is 4.25. The molecule has 21 heavy (non-hydrogen) atoms. The molecule has 0 aliphatic heterocycles. The third kappa shape index (κ3) is 3.63. The molecule has 0 atom stereocenters. The van der Waals surface area contributed by atoms with Crippen molar-refractivity contribution in [3.8, 4) is 0 Å². The molecule has 1 aromatic carbocycles. The van der Waals surface area contributed by atoms with Gasteiger partial charge in [0.2, 0.25) is 0 Å². The van der Waals surface area contributed by atoms with Gasteiger partial charge in [-0.2, -0.15) is 0 Å². The highest BCUT2D eigenvalue weighted by molar-refractivity contribution is 5.94. The van der Waals surface area contributed by atoms with Crippen molar-refractivity contribution in [3.63, 3.8) is 0 Å². The van der Waals surface area contributed by atoms with E-state index in [1.54, 1.807) is 18.6 Å². The second-order valence-corrected chi connectivity index (χ2v) is 4.35. The monoisotopic (exact) mass is 290 g/mol. The van der Waals surface area contributed by atoms with Crippen molar-refractivity contribution >= 4 is 11.7 Å². The summed E-state index contributed by atoms with van der Waals surface area (Å²) < 4.78 is 1.87. The molecule has 0 radical (unpaired) electrons. The molecule has 8 nitrogen and oxygen atoms in total. The molecule has 2 N–H and O–H groups in total. The Morgan fingerprint density at radius 2 is 2.29 bits per heavy atom. The topological polar surface area (TPSA) is 110 Å². The lowest BCUT2D eigenvalue weighted by Crippen LogP contribution is -2.21. The van der Waals surface area contributed by atoms with E-state index >= 15 is 0 Å². The fourth-order valence-electron chi connectivity index (χ4n) is 1.98. The van der Waals surface area contributed by atoms with Crippen LogP contribution in [0.2, 0.25) is 0 Å². The Balaban J connectivity index is 2.04. The van der Waals surface area contributed by atoms with Crippen molar-refractivity contribution in [2.24, 2.45) is 0 Å². The minimum Gasteiger partial charge on any atom is -0.477 e. The number of nitro benzene ring substituents is 1. The molecule has 0 saturated carbocycles. The van der Waals surface area contributed by atoms with Crippen LogP contribution in [0.1, 0.15) is 15.9 Å². The maximum Gasteiger partial charge on any atom is 0.343 e. The van der Waals surface area contributed by atoms with Crippen molar-refractivity contribution in [2.45, 2.75) is 13.1 Å². The fourth-order valence-corrected chi connectivity index (χ4v) is 1.98. The Morgan fingerprint density at radius 1 is 1.48 bits per heavy atom. The number of rotatable bonds is 7. The van der Waals surface area contributed by atoms with Gasteiger partial charge in [-0.1, -0.05) is 12.1 Å². The number of aromatic nitrogens is 2. The Kier molecular flexibility index (Phi) is 4.62. The van der Waals surface area contributed by atoms with Gasteiger partial charge in [-0.25, -0.2) is 9.78 Å². The number of nitrogens with zero attached hydrogens (tertiary/aromatic N) is 3. The first-order valence-corrected chi connectivity index (χ1v) is 6.25. The van der Waals surface area contributed by atoms with Crippen LogP contribution < -0.4 is 5.32 Å². The van der Waals surface area contributed by atoms with Crippen molar-refractivity contribution < 1.29 is 14.8 Å². The lowest BCUT2D eigenvalue weighted by molar-refractivity contribution is -0.385. The van der Waals surface area contributed by atoms with Crippen LogP contribution in [0.15, 0.2) is 36.9 Å². The number of aromatic carboxylic acids is 1. The molecule has 2 rings (SSSR count). The molecule has 110 valence electrons. The molecule has 0 unspecified atom stereocenters. The van der Waals surface area contributed by atoms with Crippen LogP contribution in [-0.4, -0.2) is 32.1 Å². The predicted molar refractivity (Wildman–Crippen MR) is 74.0 cm³/mol. The van der Waals surface area contributed by atoms with E-state index in [1.807, 2.05) is 10.8 Å². The highest BCUT2D eigenvalue weighted by Crippen LogP contribution is 2.22. The molecule has 2 aromatic rings.